The van der Waals surface area contributed by atoms with Gasteiger partial charge in [-0.25, -0.2) is 27.5 Å². The Morgan fingerprint density at radius 1 is 1.14 bits per heavy atom. The monoisotopic (exact) mass is 553 g/mol. The Kier molecular flexibility index (Phi) is 8.71. The largest absolute Gasteiger partial charge is 0.465 e. The zero-order valence-electron chi connectivity index (χ0n) is 20.1. The molecule has 2 heterocycles. The van der Waals surface area contributed by atoms with Crippen molar-refractivity contribution in [2.24, 2.45) is 0 Å². The summed E-state index contributed by atoms with van der Waals surface area (Å²) in [6.07, 6.45) is 2.83. The number of halogens is 1. The molecule has 0 saturated carbocycles. The molecule has 0 aliphatic carbocycles. The summed E-state index contributed by atoms with van der Waals surface area (Å²) in [5, 5.41) is 6.91. The van der Waals surface area contributed by atoms with Gasteiger partial charge in [-0.15, -0.1) is 0 Å². The Balaban J connectivity index is 1.62. The lowest BCUT2D eigenvalue weighted by Crippen LogP contribution is -2.20. The van der Waals surface area contributed by atoms with Gasteiger partial charge < -0.3 is 19.5 Å². The fourth-order valence-electron chi connectivity index (χ4n) is 3.64. The molecule has 1 aliphatic rings. The molecule has 0 spiro atoms. The van der Waals surface area contributed by atoms with E-state index in [2.05, 4.69) is 19.9 Å². The van der Waals surface area contributed by atoms with Crippen LogP contribution < -0.4 is 5.32 Å². The lowest BCUT2D eigenvalue weighted by atomic mass is 10.1. The van der Waals surface area contributed by atoms with Crippen molar-refractivity contribution in [1.29, 1.82) is 0 Å². The summed E-state index contributed by atoms with van der Waals surface area (Å²) < 4.78 is 39.2. The van der Waals surface area contributed by atoms with Crippen LogP contribution in [-0.2, 0) is 33.6 Å². The number of amides is 1. The molecule has 37 heavy (non-hydrogen) atoms. The van der Waals surface area contributed by atoms with E-state index >= 15 is 0 Å². The minimum Gasteiger partial charge on any atom is -0.465 e. The minimum absolute atomic E-state index is 0.00336. The smallest absolute Gasteiger partial charge is 0.337 e. The Labute approximate surface area is 217 Å². The second kappa shape index (κ2) is 11.6. The fourth-order valence-corrected chi connectivity index (χ4v) is 5.70. The van der Waals surface area contributed by atoms with Crippen LogP contribution in [0.1, 0.15) is 44.4 Å². The zero-order chi connectivity index (χ0) is 27.3. The summed E-state index contributed by atoms with van der Waals surface area (Å²) in [6, 6.07) is 3.44. The summed E-state index contributed by atoms with van der Waals surface area (Å²) in [7, 11) is -0.812. The van der Waals surface area contributed by atoms with E-state index in [0.29, 0.717) is 17.7 Å². The third-order valence-electron chi connectivity index (χ3n) is 5.42. The summed E-state index contributed by atoms with van der Waals surface area (Å²) in [5.41, 5.74) is 1.00. The molecule has 1 atom stereocenters. The molecule has 198 valence electrons. The SMILES string of the molecule is COC(=O)c1cc(NC(=O)COC(=O)/C=C/c2c(C)nn(C3CCS(=O)(=O)C3)c2Cl)cc(C(=O)OC)c1. The summed E-state index contributed by atoms with van der Waals surface area (Å²) in [5.74, 6) is -3.04. The van der Waals surface area contributed by atoms with E-state index in [0.717, 1.165) is 20.3 Å². The summed E-state index contributed by atoms with van der Waals surface area (Å²) >= 11 is 6.37. The van der Waals surface area contributed by atoms with Crippen molar-refractivity contribution in [2.75, 3.05) is 37.6 Å². The van der Waals surface area contributed by atoms with Gasteiger partial charge in [-0.3, -0.25) is 4.79 Å². The molecule has 1 amide bonds. The molecule has 1 N–H and O–H groups in total. The van der Waals surface area contributed by atoms with Crippen molar-refractivity contribution < 1.29 is 41.8 Å². The third-order valence-corrected chi connectivity index (χ3v) is 7.54. The van der Waals surface area contributed by atoms with Crippen LogP contribution >= 0.6 is 11.6 Å². The van der Waals surface area contributed by atoms with Gasteiger partial charge in [-0.1, -0.05) is 11.6 Å². The van der Waals surface area contributed by atoms with Crippen molar-refractivity contribution in [2.45, 2.75) is 19.4 Å². The standard InChI is InChI=1S/C23H24ClN3O9S/c1-13-18(21(24)27(26-13)17-6-7-37(32,33)12-17)4-5-20(29)36-11-19(28)25-16-9-14(22(30)34-2)8-15(10-16)23(31)35-3/h4-5,8-10,17H,6-7,11-12H2,1-3H3,(H,25,28)/b5-4+. The first-order valence-electron chi connectivity index (χ1n) is 10.9. The molecular weight excluding hydrogens is 530 g/mol. The predicted molar refractivity (Wildman–Crippen MR) is 132 cm³/mol. The lowest BCUT2D eigenvalue weighted by molar-refractivity contribution is -0.142. The number of esters is 3. The first-order chi connectivity index (χ1) is 17.4. The molecule has 3 rings (SSSR count). The number of hydrogen-bond donors (Lipinski definition) is 1. The Bertz CT molecular complexity index is 1350. The highest BCUT2D eigenvalue weighted by molar-refractivity contribution is 7.91. The van der Waals surface area contributed by atoms with Gasteiger partial charge in [-0.05, 0) is 37.6 Å². The van der Waals surface area contributed by atoms with Crippen molar-refractivity contribution in [3.05, 3.63) is 51.8 Å². The maximum atomic E-state index is 12.3. The summed E-state index contributed by atoms with van der Waals surface area (Å²) in [4.78, 5) is 48.2. The van der Waals surface area contributed by atoms with Crippen molar-refractivity contribution >= 4 is 57.0 Å². The topological polar surface area (TPSA) is 160 Å². The Morgan fingerprint density at radius 2 is 1.76 bits per heavy atom. The maximum absolute atomic E-state index is 12.3. The highest BCUT2D eigenvalue weighted by Gasteiger charge is 2.31. The van der Waals surface area contributed by atoms with Gasteiger partial charge in [0.1, 0.15) is 5.15 Å². The first kappa shape index (κ1) is 27.9. The number of aryl methyl sites for hydroxylation is 1. The molecule has 1 aliphatic heterocycles. The number of nitrogens with one attached hydrogen (secondary N) is 1. The number of nitrogens with zero attached hydrogens (tertiary/aromatic N) is 2. The maximum Gasteiger partial charge on any atom is 0.337 e. The van der Waals surface area contributed by atoms with Crippen LogP contribution in [0.25, 0.3) is 6.08 Å². The van der Waals surface area contributed by atoms with E-state index in [9.17, 15) is 27.6 Å². The first-order valence-corrected chi connectivity index (χ1v) is 13.1. The van der Waals surface area contributed by atoms with Crippen LogP contribution in [0.15, 0.2) is 24.3 Å². The number of rotatable bonds is 8. The highest BCUT2D eigenvalue weighted by atomic mass is 35.5. The van der Waals surface area contributed by atoms with Crippen molar-refractivity contribution in [1.82, 2.24) is 9.78 Å². The van der Waals surface area contributed by atoms with E-state index in [-0.39, 0.29) is 39.5 Å². The third kappa shape index (κ3) is 6.95. The molecule has 1 unspecified atom stereocenters. The van der Waals surface area contributed by atoms with Crippen LogP contribution in [0.3, 0.4) is 0 Å². The van der Waals surface area contributed by atoms with E-state index in [4.69, 9.17) is 16.3 Å². The number of aromatic nitrogens is 2. The van der Waals surface area contributed by atoms with Gasteiger partial charge in [0, 0.05) is 17.3 Å². The van der Waals surface area contributed by atoms with Gasteiger partial charge in [0.2, 0.25) is 0 Å². The molecule has 14 heteroatoms. The number of benzene rings is 1. The molecule has 1 aromatic carbocycles. The molecule has 0 bridgehead atoms. The molecule has 1 saturated heterocycles. The van der Waals surface area contributed by atoms with E-state index in [1.807, 2.05) is 0 Å². The van der Waals surface area contributed by atoms with Crippen LogP contribution in [0.5, 0.6) is 0 Å². The number of anilines is 1. The molecule has 2 aromatic rings. The minimum atomic E-state index is -3.14. The van der Waals surface area contributed by atoms with Crippen LogP contribution in [-0.4, -0.2) is 74.3 Å². The number of carbonyl (C=O) groups excluding carboxylic acids is 4. The lowest BCUT2D eigenvalue weighted by Gasteiger charge is -2.10. The predicted octanol–water partition coefficient (Wildman–Crippen LogP) is 1.97. The van der Waals surface area contributed by atoms with Crippen LogP contribution in [0, 0.1) is 6.92 Å². The van der Waals surface area contributed by atoms with E-state index in [1.54, 1.807) is 6.92 Å². The molecule has 1 aromatic heterocycles. The van der Waals surface area contributed by atoms with E-state index in [1.165, 1.54) is 29.0 Å². The fraction of sp³-hybridized carbons (Fsp3) is 0.348. The Morgan fingerprint density at radius 3 is 2.30 bits per heavy atom. The normalized spacial score (nSPS) is 16.4. The molecule has 1 fully saturated rings. The number of sulfone groups is 1. The zero-order valence-corrected chi connectivity index (χ0v) is 21.7. The van der Waals surface area contributed by atoms with Crippen LogP contribution in [0.2, 0.25) is 5.15 Å². The molecule has 0 radical (unpaired) electrons. The van der Waals surface area contributed by atoms with Gasteiger partial charge in [0.15, 0.2) is 16.4 Å². The second-order valence-corrected chi connectivity index (χ2v) is 10.6. The summed E-state index contributed by atoms with van der Waals surface area (Å²) in [6.45, 7) is 1.00. The average molecular weight is 554 g/mol. The number of carbonyl (C=O) groups is 4. The average Bonchev–Trinajstić information content (AvgIpc) is 3.37. The number of hydrogen-bond acceptors (Lipinski definition) is 10. The van der Waals surface area contributed by atoms with Crippen molar-refractivity contribution in [3.63, 3.8) is 0 Å². The van der Waals surface area contributed by atoms with Crippen molar-refractivity contribution in [3.8, 4) is 0 Å². The van der Waals surface area contributed by atoms with Crippen LogP contribution in [0.4, 0.5) is 5.69 Å². The van der Waals surface area contributed by atoms with Gasteiger partial charge in [0.05, 0.1) is 48.6 Å². The molecule has 12 nitrogen and oxygen atoms in total. The second-order valence-electron chi connectivity index (χ2n) is 8.06. The number of ether oxygens (including phenoxy) is 3. The Hall–Kier alpha value is -3.71. The molecular formula is C23H24ClN3O9S. The van der Waals surface area contributed by atoms with Gasteiger partial charge >= 0.3 is 17.9 Å². The highest BCUT2D eigenvalue weighted by Crippen LogP contribution is 2.30. The number of methoxy groups -OCH3 is 2. The van der Waals surface area contributed by atoms with Gasteiger partial charge in [-0.2, -0.15) is 5.10 Å². The van der Waals surface area contributed by atoms with E-state index < -0.39 is 40.3 Å². The van der Waals surface area contributed by atoms with Gasteiger partial charge in [0.25, 0.3) is 5.91 Å². The quantitative estimate of drug-likeness (QED) is 0.291.